The van der Waals surface area contributed by atoms with Crippen molar-refractivity contribution in [3.05, 3.63) is 42.0 Å². The maximum atomic E-state index is 12.8. The molecule has 9 nitrogen and oxygen atoms in total. The van der Waals surface area contributed by atoms with Crippen LogP contribution in [0.1, 0.15) is 17.3 Å². The number of methoxy groups -OCH3 is 2. The molecule has 0 heterocycles. The largest absolute Gasteiger partial charge is 0.493 e. The minimum atomic E-state index is -3.97. The van der Waals surface area contributed by atoms with Crippen LogP contribution in [0.4, 0.5) is 11.4 Å². The summed E-state index contributed by atoms with van der Waals surface area (Å²) < 4.78 is 38.4. The zero-order chi connectivity index (χ0) is 23.2. The van der Waals surface area contributed by atoms with Crippen molar-refractivity contribution in [1.82, 2.24) is 4.90 Å². The van der Waals surface area contributed by atoms with Crippen LogP contribution in [0.15, 0.2) is 41.3 Å². The lowest BCUT2D eigenvalue weighted by molar-refractivity contribution is 0.0697. The number of ether oxygens (including phenoxy) is 2. The van der Waals surface area contributed by atoms with Crippen molar-refractivity contribution >= 4 is 27.4 Å². The molecule has 0 aromatic heterocycles. The molecular weight excluding hydrogens is 422 g/mol. The topological polar surface area (TPSA) is 108 Å². The molecule has 2 aromatic rings. The molecule has 2 rings (SSSR count). The van der Waals surface area contributed by atoms with Gasteiger partial charge in [0.25, 0.3) is 10.0 Å². The Balaban J connectivity index is 2.37. The Hall–Kier alpha value is -2.98. The summed E-state index contributed by atoms with van der Waals surface area (Å²) in [5.41, 5.74) is 0.707. The summed E-state index contributed by atoms with van der Waals surface area (Å²) in [7, 11) is 2.78. The molecule has 2 N–H and O–H groups in total. The van der Waals surface area contributed by atoms with Crippen LogP contribution < -0.4 is 19.1 Å². The second-order valence-electron chi connectivity index (χ2n) is 7.04. The fourth-order valence-corrected chi connectivity index (χ4v) is 4.08. The Kier molecular flexibility index (Phi) is 8.12. The molecule has 0 atom stereocenters. The van der Waals surface area contributed by atoms with Gasteiger partial charge in [0.15, 0.2) is 11.5 Å². The van der Waals surface area contributed by atoms with Crippen LogP contribution in [-0.4, -0.2) is 72.3 Å². The molecule has 0 radical (unpaired) electrons. The molecule has 0 aliphatic rings. The SMILES string of the molecule is CCN(CCN(C)C)c1ccc(NS(=O)(=O)c2ccc(OC)c(OC)c2)cc1C(=O)O. The van der Waals surface area contributed by atoms with Crippen LogP contribution in [0.5, 0.6) is 11.5 Å². The predicted molar refractivity (Wildman–Crippen MR) is 120 cm³/mol. The number of nitrogens with zero attached hydrogens (tertiary/aromatic N) is 2. The molecule has 0 saturated carbocycles. The van der Waals surface area contributed by atoms with Gasteiger partial charge in [-0.25, -0.2) is 13.2 Å². The maximum absolute atomic E-state index is 12.8. The number of anilines is 2. The maximum Gasteiger partial charge on any atom is 0.337 e. The average Bonchev–Trinajstić information content (AvgIpc) is 2.73. The number of likely N-dealkylation sites (N-methyl/N-ethyl adjacent to an activating group) is 2. The second kappa shape index (κ2) is 10.4. The number of carbonyl (C=O) groups is 1. The number of hydrogen-bond donors (Lipinski definition) is 2. The van der Waals surface area contributed by atoms with E-state index >= 15 is 0 Å². The summed E-state index contributed by atoms with van der Waals surface area (Å²) in [6, 6.07) is 8.72. The first-order valence-corrected chi connectivity index (χ1v) is 11.1. The third kappa shape index (κ3) is 6.02. The van der Waals surface area contributed by atoms with Crippen LogP contribution >= 0.6 is 0 Å². The zero-order valence-electron chi connectivity index (χ0n) is 18.4. The van der Waals surface area contributed by atoms with E-state index in [9.17, 15) is 18.3 Å². The summed E-state index contributed by atoms with van der Waals surface area (Å²) in [5.74, 6) is -0.465. The van der Waals surface area contributed by atoms with Crippen LogP contribution in [0.2, 0.25) is 0 Å². The van der Waals surface area contributed by atoms with E-state index in [0.29, 0.717) is 24.5 Å². The Labute approximate surface area is 183 Å². The Morgan fingerprint density at radius 3 is 2.26 bits per heavy atom. The quantitative estimate of drug-likeness (QED) is 0.537. The molecule has 0 aliphatic carbocycles. The van der Waals surface area contributed by atoms with Crippen molar-refractivity contribution in [2.24, 2.45) is 0 Å². The fourth-order valence-electron chi connectivity index (χ4n) is 3.01. The molecule has 31 heavy (non-hydrogen) atoms. The number of sulfonamides is 1. The van der Waals surface area contributed by atoms with Gasteiger partial charge in [-0.05, 0) is 51.4 Å². The molecule has 0 fully saturated rings. The van der Waals surface area contributed by atoms with E-state index < -0.39 is 16.0 Å². The zero-order valence-corrected chi connectivity index (χ0v) is 19.2. The molecule has 0 amide bonds. The van der Waals surface area contributed by atoms with Gasteiger partial charge in [-0.3, -0.25) is 4.72 Å². The molecule has 170 valence electrons. The van der Waals surface area contributed by atoms with E-state index in [1.165, 1.54) is 38.5 Å². The van der Waals surface area contributed by atoms with E-state index in [2.05, 4.69) is 4.72 Å². The van der Waals surface area contributed by atoms with Gasteiger partial charge >= 0.3 is 5.97 Å². The van der Waals surface area contributed by atoms with Crippen molar-refractivity contribution in [2.45, 2.75) is 11.8 Å². The number of carboxylic acids is 1. The Morgan fingerprint density at radius 2 is 1.71 bits per heavy atom. The van der Waals surface area contributed by atoms with E-state index in [1.807, 2.05) is 30.8 Å². The van der Waals surface area contributed by atoms with Crippen LogP contribution in [0, 0.1) is 0 Å². The predicted octanol–water partition coefficient (Wildman–Crippen LogP) is 2.59. The van der Waals surface area contributed by atoms with Gasteiger partial charge in [0.05, 0.1) is 30.4 Å². The van der Waals surface area contributed by atoms with Gasteiger partial charge < -0.3 is 24.4 Å². The highest BCUT2D eigenvalue weighted by Gasteiger charge is 2.20. The van der Waals surface area contributed by atoms with Crippen LogP contribution in [0.3, 0.4) is 0 Å². The van der Waals surface area contributed by atoms with Crippen molar-refractivity contribution in [3.8, 4) is 11.5 Å². The summed E-state index contributed by atoms with van der Waals surface area (Å²) in [6.07, 6.45) is 0. The highest BCUT2D eigenvalue weighted by Crippen LogP contribution is 2.31. The third-order valence-electron chi connectivity index (χ3n) is 4.68. The van der Waals surface area contributed by atoms with Gasteiger partial charge in [0.2, 0.25) is 0 Å². The Morgan fingerprint density at radius 1 is 1.03 bits per heavy atom. The van der Waals surface area contributed by atoms with Gasteiger partial charge in [-0.15, -0.1) is 0 Å². The molecular formula is C21H29N3O6S. The van der Waals surface area contributed by atoms with Gasteiger partial charge in [0.1, 0.15) is 0 Å². The summed E-state index contributed by atoms with van der Waals surface area (Å²) in [6.45, 7) is 3.95. The minimum absolute atomic E-state index is 0.0214. The lowest BCUT2D eigenvalue weighted by atomic mass is 10.1. The number of carboxylic acid groups (broad SMARTS) is 1. The molecule has 0 saturated heterocycles. The number of aromatic carboxylic acids is 1. The third-order valence-corrected chi connectivity index (χ3v) is 6.06. The number of rotatable bonds is 11. The van der Waals surface area contributed by atoms with Gasteiger partial charge in [-0.2, -0.15) is 0 Å². The van der Waals surface area contributed by atoms with Crippen molar-refractivity contribution in [2.75, 3.05) is 57.6 Å². The van der Waals surface area contributed by atoms with Gasteiger partial charge in [0, 0.05) is 31.4 Å². The lowest BCUT2D eigenvalue weighted by Gasteiger charge is -2.26. The van der Waals surface area contributed by atoms with Crippen molar-refractivity contribution < 1.29 is 27.8 Å². The van der Waals surface area contributed by atoms with Crippen molar-refractivity contribution in [1.29, 1.82) is 0 Å². The van der Waals surface area contributed by atoms with E-state index in [1.54, 1.807) is 12.1 Å². The second-order valence-corrected chi connectivity index (χ2v) is 8.72. The Bertz CT molecular complexity index is 1020. The molecule has 0 spiro atoms. The molecule has 0 unspecified atom stereocenters. The number of nitrogens with one attached hydrogen (secondary N) is 1. The first-order chi connectivity index (χ1) is 14.6. The minimum Gasteiger partial charge on any atom is -0.493 e. The standard InChI is InChI=1S/C21H29N3O6S/c1-6-24(12-11-23(2)3)18-9-7-15(13-17(18)21(25)26)22-31(27,28)16-8-10-19(29-4)20(14-16)30-5/h7-10,13-14,22H,6,11-12H2,1-5H3,(H,25,26). The summed E-state index contributed by atoms with van der Waals surface area (Å²) in [5, 5.41) is 9.71. The average molecular weight is 452 g/mol. The first-order valence-electron chi connectivity index (χ1n) is 9.64. The number of hydrogen-bond acceptors (Lipinski definition) is 7. The molecule has 0 aliphatic heterocycles. The van der Waals surface area contributed by atoms with E-state index in [0.717, 1.165) is 6.54 Å². The molecule has 0 bridgehead atoms. The van der Waals surface area contributed by atoms with Crippen LogP contribution in [0.25, 0.3) is 0 Å². The smallest absolute Gasteiger partial charge is 0.337 e. The van der Waals surface area contributed by atoms with E-state index in [4.69, 9.17) is 9.47 Å². The normalized spacial score (nSPS) is 11.3. The van der Waals surface area contributed by atoms with Crippen molar-refractivity contribution in [3.63, 3.8) is 0 Å². The monoisotopic (exact) mass is 451 g/mol. The molecule has 2 aromatic carbocycles. The highest BCUT2D eigenvalue weighted by molar-refractivity contribution is 7.92. The van der Waals surface area contributed by atoms with Gasteiger partial charge in [-0.1, -0.05) is 0 Å². The fraction of sp³-hybridized carbons (Fsp3) is 0.381. The number of benzene rings is 2. The molecule has 10 heteroatoms. The highest BCUT2D eigenvalue weighted by atomic mass is 32.2. The van der Waals surface area contributed by atoms with Crippen LogP contribution in [-0.2, 0) is 10.0 Å². The summed E-state index contributed by atoms with van der Waals surface area (Å²) >= 11 is 0. The summed E-state index contributed by atoms with van der Waals surface area (Å²) in [4.78, 5) is 15.8. The van der Waals surface area contributed by atoms with E-state index in [-0.39, 0.29) is 21.9 Å². The first kappa shape index (κ1) is 24.3. The lowest BCUT2D eigenvalue weighted by Crippen LogP contribution is -2.32.